The highest BCUT2D eigenvalue weighted by molar-refractivity contribution is 6.74. The van der Waals surface area contributed by atoms with Crippen LogP contribution in [-0.4, -0.2) is 49.5 Å². The van der Waals surface area contributed by atoms with E-state index in [2.05, 4.69) is 33.9 Å². The summed E-state index contributed by atoms with van der Waals surface area (Å²) in [5.74, 6) is 0.0708. The number of nitrogens with zero attached hydrogens (tertiary/aromatic N) is 1. The number of likely N-dealkylation sites (tertiary alicyclic amines) is 1. The minimum Gasteiger partial charge on any atom is -0.417 e. The summed E-state index contributed by atoms with van der Waals surface area (Å²) in [6, 6.07) is -0.0182. The molecule has 0 radical (unpaired) electrons. The van der Waals surface area contributed by atoms with E-state index in [9.17, 15) is 9.90 Å². The van der Waals surface area contributed by atoms with Gasteiger partial charge < -0.3 is 14.4 Å². The van der Waals surface area contributed by atoms with Crippen LogP contribution in [0.15, 0.2) is 12.2 Å². The topological polar surface area (TPSA) is 49.8 Å². The number of aliphatic hydroxyl groups excluding tert-OH is 1. The van der Waals surface area contributed by atoms with Gasteiger partial charge in [-0.15, -0.1) is 0 Å². The van der Waals surface area contributed by atoms with Gasteiger partial charge in [0, 0.05) is 13.2 Å². The number of rotatable bonds is 5. The average Bonchev–Trinajstić information content (AvgIpc) is 2.65. The third kappa shape index (κ3) is 2.71. The lowest BCUT2D eigenvalue weighted by molar-refractivity contribution is -0.156. The van der Waals surface area contributed by atoms with Crippen molar-refractivity contribution in [2.24, 2.45) is 5.92 Å². The van der Waals surface area contributed by atoms with Crippen molar-refractivity contribution in [3.8, 4) is 0 Å². The van der Waals surface area contributed by atoms with E-state index in [1.165, 1.54) is 0 Å². The fourth-order valence-corrected chi connectivity index (χ4v) is 3.66. The molecule has 5 heteroatoms. The molecule has 1 aliphatic heterocycles. The molecule has 1 aliphatic carbocycles. The number of amides is 1. The Morgan fingerprint density at radius 1 is 1.35 bits per heavy atom. The normalized spacial score (nSPS) is 29.6. The summed E-state index contributed by atoms with van der Waals surface area (Å²) in [6.45, 7) is 12.5. The van der Waals surface area contributed by atoms with Crippen LogP contribution < -0.4 is 0 Å². The summed E-state index contributed by atoms with van der Waals surface area (Å²) in [5.41, 5.74) is 0. The lowest BCUT2D eigenvalue weighted by Gasteiger charge is -2.45. The first-order valence-corrected chi connectivity index (χ1v) is 10.4. The van der Waals surface area contributed by atoms with Gasteiger partial charge in [-0.2, -0.15) is 0 Å². The lowest BCUT2D eigenvalue weighted by Crippen LogP contribution is -2.62. The number of carbonyl (C=O) groups excluding carboxylic acids is 1. The van der Waals surface area contributed by atoms with Gasteiger partial charge in [0.15, 0.2) is 8.32 Å². The van der Waals surface area contributed by atoms with Gasteiger partial charge in [0.25, 0.3) is 0 Å². The number of fused-ring (bicyclic) bond motifs is 1. The van der Waals surface area contributed by atoms with Gasteiger partial charge in [0.1, 0.15) is 0 Å². The number of hydrogen-bond acceptors (Lipinski definition) is 3. The summed E-state index contributed by atoms with van der Waals surface area (Å²) in [6.07, 6.45) is 3.92. The third-order valence-corrected chi connectivity index (χ3v) is 9.51. The van der Waals surface area contributed by atoms with E-state index in [1.54, 1.807) is 11.0 Å². The molecule has 0 aromatic heterocycles. The molecule has 4 nitrogen and oxygen atoms in total. The van der Waals surface area contributed by atoms with E-state index in [0.29, 0.717) is 13.2 Å². The van der Waals surface area contributed by atoms with Crippen LogP contribution >= 0.6 is 0 Å². The second-order valence-electron chi connectivity index (χ2n) is 7.39. The molecule has 0 spiro atoms. The number of aliphatic hydroxyl groups is 1. The SMILES string of the molecule is CC(C)(C)[Si](C)(C)OCCCN1C(=O)[C@H]2C=C[C@H](O)[C@H]21. The van der Waals surface area contributed by atoms with Crippen LogP contribution in [0.25, 0.3) is 0 Å². The molecular formula is C15H27NO3Si. The Balaban J connectivity index is 1.74. The van der Waals surface area contributed by atoms with Gasteiger partial charge >= 0.3 is 0 Å². The van der Waals surface area contributed by atoms with Crippen LogP contribution in [0.1, 0.15) is 27.2 Å². The molecule has 2 aliphatic rings. The summed E-state index contributed by atoms with van der Waals surface area (Å²) in [7, 11) is -1.69. The van der Waals surface area contributed by atoms with Crippen LogP contribution in [0.2, 0.25) is 18.1 Å². The van der Waals surface area contributed by atoms with Crippen LogP contribution in [0.3, 0.4) is 0 Å². The Morgan fingerprint density at radius 3 is 2.60 bits per heavy atom. The van der Waals surface area contributed by atoms with Gasteiger partial charge in [-0.3, -0.25) is 4.79 Å². The molecule has 0 aromatic rings. The fraction of sp³-hybridized carbons (Fsp3) is 0.800. The van der Waals surface area contributed by atoms with E-state index in [0.717, 1.165) is 6.42 Å². The monoisotopic (exact) mass is 297 g/mol. The Morgan fingerprint density at radius 2 is 2.00 bits per heavy atom. The average molecular weight is 297 g/mol. The molecule has 0 bridgehead atoms. The molecule has 0 saturated carbocycles. The van der Waals surface area contributed by atoms with Crippen LogP contribution in [0.5, 0.6) is 0 Å². The number of hydrogen-bond donors (Lipinski definition) is 1. The molecule has 0 aromatic carbocycles. The molecule has 114 valence electrons. The van der Waals surface area contributed by atoms with E-state index < -0.39 is 14.4 Å². The zero-order chi connectivity index (χ0) is 15.1. The largest absolute Gasteiger partial charge is 0.417 e. The predicted molar refractivity (Wildman–Crippen MR) is 81.9 cm³/mol. The van der Waals surface area contributed by atoms with Crippen molar-refractivity contribution in [1.29, 1.82) is 0 Å². The first kappa shape index (κ1) is 15.7. The molecule has 1 heterocycles. The number of β-lactam (4-membered cyclic amide) rings is 1. The Hall–Kier alpha value is -0.653. The van der Waals surface area contributed by atoms with Crippen molar-refractivity contribution in [2.45, 2.75) is 57.5 Å². The maximum absolute atomic E-state index is 11.9. The van der Waals surface area contributed by atoms with E-state index in [4.69, 9.17) is 4.43 Å². The second-order valence-corrected chi connectivity index (χ2v) is 12.2. The summed E-state index contributed by atoms with van der Waals surface area (Å²) < 4.78 is 6.11. The molecular weight excluding hydrogens is 270 g/mol. The molecule has 3 atom stereocenters. The van der Waals surface area contributed by atoms with Gasteiger partial charge in [0.05, 0.1) is 18.1 Å². The quantitative estimate of drug-likeness (QED) is 0.366. The number of carbonyl (C=O) groups is 1. The summed E-state index contributed by atoms with van der Waals surface area (Å²) in [4.78, 5) is 13.7. The Kier molecular flexibility index (Phi) is 4.15. The van der Waals surface area contributed by atoms with E-state index >= 15 is 0 Å². The first-order chi connectivity index (χ1) is 9.15. The molecule has 0 unspecified atom stereocenters. The minimum absolute atomic E-state index is 0.0182. The van der Waals surface area contributed by atoms with Gasteiger partial charge in [-0.25, -0.2) is 0 Å². The highest BCUT2D eigenvalue weighted by Gasteiger charge is 2.51. The molecule has 1 N–H and O–H groups in total. The van der Waals surface area contributed by atoms with Crippen molar-refractivity contribution < 1.29 is 14.3 Å². The van der Waals surface area contributed by atoms with E-state index in [-0.39, 0.29) is 22.9 Å². The van der Waals surface area contributed by atoms with Crippen molar-refractivity contribution in [3.05, 3.63) is 12.2 Å². The fourth-order valence-electron chi connectivity index (χ4n) is 2.57. The summed E-state index contributed by atoms with van der Waals surface area (Å²) >= 11 is 0. The van der Waals surface area contributed by atoms with Crippen LogP contribution in [0, 0.1) is 5.92 Å². The zero-order valence-electron chi connectivity index (χ0n) is 13.2. The molecule has 1 fully saturated rings. The van der Waals surface area contributed by atoms with Crippen molar-refractivity contribution in [3.63, 3.8) is 0 Å². The van der Waals surface area contributed by atoms with Crippen LogP contribution in [-0.2, 0) is 9.22 Å². The van der Waals surface area contributed by atoms with Gasteiger partial charge in [-0.05, 0) is 24.6 Å². The molecule has 1 saturated heterocycles. The Bertz CT molecular complexity index is 414. The van der Waals surface area contributed by atoms with Gasteiger partial charge in [0.2, 0.25) is 5.91 Å². The molecule has 20 heavy (non-hydrogen) atoms. The highest BCUT2D eigenvalue weighted by atomic mass is 28.4. The zero-order valence-corrected chi connectivity index (χ0v) is 14.2. The van der Waals surface area contributed by atoms with Crippen molar-refractivity contribution in [2.75, 3.05) is 13.2 Å². The minimum atomic E-state index is -1.69. The second kappa shape index (κ2) is 5.28. The maximum atomic E-state index is 11.9. The highest BCUT2D eigenvalue weighted by Crippen LogP contribution is 2.37. The standard InChI is InChI=1S/C15H27NO3Si/c1-15(2,3)20(4,5)19-10-6-9-16-13-11(14(16)18)7-8-12(13)17/h7-8,11-13,17H,6,9-10H2,1-5H3/t11-,12-,13-/m0/s1. The smallest absolute Gasteiger partial charge is 0.232 e. The first-order valence-electron chi connectivity index (χ1n) is 7.46. The molecule has 1 amide bonds. The van der Waals surface area contributed by atoms with Crippen molar-refractivity contribution >= 4 is 14.2 Å². The van der Waals surface area contributed by atoms with E-state index in [1.807, 2.05) is 6.08 Å². The predicted octanol–water partition coefficient (Wildman–Crippen LogP) is 2.16. The Labute approximate surface area is 122 Å². The summed E-state index contributed by atoms with van der Waals surface area (Å²) in [5, 5.41) is 10.0. The lowest BCUT2D eigenvalue weighted by atomic mass is 9.89. The van der Waals surface area contributed by atoms with Crippen LogP contribution in [0.4, 0.5) is 0 Å². The maximum Gasteiger partial charge on any atom is 0.232 e. The molecule has 2 rings (SSSR count). The van der Waals surface area contributed by atoms with Crippen molar-refractivity contribution in [1.82, 2.24) is 4.90 Å². The van der Waals surface area contributed by atoms with Gasteiger partial charge in [-0.1, -0.05) is 32.9 Å². The third-order valence-electron chi connectivity index (χ3n) is 4.97.